The Bertz CT molecular complexity index is 741. The fourth-order valence-electron chi connectivity index (χ4n) is 2.47. The molecule has 2 N–H and O–H groups in total. The second kappa shape index (κ2) is 6.96. The van der Waals surface area contributed by atoms with Crippen molar-refractivity contribution in [1.29, 1.82) is 0 Å². The molecule has 5 nitrogen and oxygen atoms in total. The van der Waals surface area contributed by atoms with Crippen LogP contribution in [0.2, 0.25) is 0 Å². The van der Waals surface area contributed by atoms with Crippen LogP contribution in [-0.4, -0.2) is 31.9 Å². The molecule has 1 aliphatic heterocycles. The monoisotopic (exact) mass is 309 g/mol. The summed E-state index contributed by atoms with van der Waals surface area (Å²) in [7, 11) is 1.58. The van der Waals surface area contributed by atoms with E-state index in [-0.39, 0.29) is 5.91 Å². The predicted molar refractivity (Wildman–Crippen MR) is 91.4 cm³/mol. The highest BCUT2D eigenvalue weighted by molar-refractivity contribution is 6.10. The first-order chi connectivity index (χ1) is 11.3. The molecule has 5 heteroatoms. The van der Waals surface area contributed by atoms with Gasteiger partial charge in [0, 0.05) is 24.2 Å². The Morgan fingerprint density at radius 1 is 1.22 bits per heavy atom. The first-order valence-corrected chi connectivity index (χ1v) is 7.61. The molecule has 0 bridgehead atoms. The van der Waals surface area contributed by atoms with Gasteiger partial charge in [-0.05, 0) is 36.8 Å². The highest BCUT2D eigenvalue weighted by Crippen LogP contribution is 2.19. The van der Waals surface area contributed by atoms with E-state index in [1.807, 2.05) is 30.3 Å². The van der Waals surface area contributed by atoms with Crippen LogP contribution in [-0.2, 0) is 0 Å². The van der Waals surface area contributed by atoms with Gasteiger partial charge in [0.15, 0.2) is 0 Å². The first-order valence-electron chi connectivity index (χ1n) is 7.61. The molecule has 1 aliphatic rings. The number of rotatable bonds is 4. The van der Waals surface area contributed by atoms with Gasteiger partial charge in [-0.1, -0.05) is 18.2 Å². The summed E-state index contributed by atoms with van der Waals surface area (Å²) in [6.07, 6.45) is 1.03. The van der Waals surface area contributed by atoms with Crippen LogP contribution < -0.4 is 15.4 Å². The zero-order valence-electron chi connectivity index (χ0n) is 13.0. The third-order valence-corrected chi connectivity index (χ3v) is 3.66. The lowest BCUT2D eigenvalue weighted by atomic mass is 10.1. The van der Waals surface area contributed by atoms with Crippen molar-refractivity contribution in [3.63, 3.8) is 0 Å². The van der Waals surface area contributed by atoms with E-state index in [1.165, 1.54) is 0 Å². The van der Waals surface area contributed by atoms with E-state index in [9.17, 15) is 4.79 Å². The van der Waals surface area contributed by atoms with Gasteiger partial charge in [-0.15, -0.1) is 0 Å². The Morgan fingerprint density at radius 2 is 2.09 bits per heavy atom. The van der Waals surface area contributed by atoms with E-state index in [0.717, 1.165) is 36.6 Å². The van der Waals surface area contributed by atoms with Gasteiger partial charge in [-0.3, -0.25) is 9.79 Å². The van der Waals surface area contributed by atoms with Gasteiger partial charge in [-0.25, -0.2) is 0 Å². The molecule has 0 radical (unpaired) electrons. The van der Waals surface area contributed by atoms with Crippen molar-refractivity contribution in [3.05, 3.63) is 59.7 Å². The van der Waals surface area contributed by atoms with Crippen LogP contribution >= 0.6 is 0 Å². The lowest BCUT2D eigenvalue weighted by molar-refractivity contribution is 0.102. The van der Waals surface area contributed by atoms with Gasteiger partial charge in [0.1, 0.15) is 11.6 Å². The number of nitrogens with one attached hydrogen (secondary N) is 2. The van der Waals surface area contributed by atoms with Crippen LogP contribution in [0.25, 0.3) is 0 Å². The summed E-state index contributed by atoms with van der Waals surface area (Å²) in [6, 6.07) is 14.8. The Balaban J connectivity index is 1.85. The van der Waals surface area contributed by atoms with E-state index in [1.54, 1.807) is 25.3 Å². The molecule has 118 valence electrons. The summed E-state index contributed by atoms with van der Waals surface area (Å²) in [6.45, 7) is 1.71. The fourth-order valence-corrected chi connectivity index (χ4v) is 2.47. The summed E-state index contributed by atoms with van der Waals surface area (Å²) >= 11 is 0. The number of hydrogen-bond acceptors (Lipinski definition) is 4. The van der Waals surface area contributed by atoms with Crippen molar-refractivity contribution in [2.75, 3.05) is 25.5 Å². The summed E-state index contributed by atoms with van der Waals surface area (Å²) in [4.78, 5) is 17.0. The maximum Gasteiger partial charge on any atom is 0.255 e. The molecule has 0 saturated carbocycles. The molecule has 0 fully saturated rings. The van der Waals surface area contributed by atoms with E-state index in [0.29, 0.717) is 11.3 Å². The normalized spacial score (nSPS) is 13.7. The minimum Gasteiger partial charge on any atom is -0.497 e. The number of aliphatic imine (C=N–C) groups is 1. The summed E-state index contributed by atoms with van der Waals surface area (Å²) in [5.74, 6) is 1.31. The third-order valence-electron chi connectivity index (χ3n) is 3.66. The molecule has 1 amide bonds. The van der Waals surface area contributed by atoms with Crippen molar-refractivity contribution in [2.24, 2.45) is 4.99 Å². The van der Waals surface area contributed by atoms with Crippen molar-refractivity contribution < 1.29 is 9.53 Å². The number of hydrogen-bond donors (Lipinski definition) is 2. The van der Waals surface area contributed by atoms with E-state index in [4.69, 9.17) is 4.74 Å². The molecular formula is C18H19N3O2. The zero-order chi connectivity index (χ0) is 16.1. The standard InChI is InChI=1S/C18H19N3O2/c1-23-14-7-4-6-13(12-14)18(22)21-16-9-3-2-8-15(16)17-19-10-5-11-20-17/h2-4,6-9,12H,5,10-11H2,1H3,(H,19,20)(H,21,22). The topological polar surface area (TPSA) is 62.7 Å². The molecule has 0 unspecified atom stereocenters. The number of ether oxygens (including phenoxy) is 1. The molecule has 2 aromatic rings. The van der Waals surface area contributed by atoms with Gasteiger partial charge in [-0.2, -0.15) is 0 Å². The Labute approximate surface area is 135 Å². The lowest BCUT2D eigenvalue weighted by Gasteiger charge is -2.18. The molecular weight excluding hydrogens is 290 g/mol. The summed E-state index contributed by atoms with van der Waals surface area (Å²) < 4.78 is 5.17. The second-order valence-electron chi connectivity index (χ2n) is 5.24. The minimum absolute atomic E-state index is 0.173. The predicted octanol–water partition coefficient (Wildman–Crippen LogP) is 2.69. The van der Waals surface area contributed by atoms with Crippen molar-refractivity contribution in [2.45, 2.75) is 6.42 Å². The number of anilines is 1. The van der Waals surface area contributed by atoms with Crippen molar-refractivity contribution >= 4 is 17.4 Å². The molecule has 0 saturated heterocycles. The quantitative estimate of drug-likeness (QED) is 0.913. The minimum atomic E-state index is -0.173. The highest BCUT2D eigenvalue weighted by Gasteiger charge is 2.14. The van der Waals surface area contributed by atoms with Crippen LogP contribution in [0.1, 0.15) is 22.3 Å². The van der Waals surface area contributed by atoms with Crippen molar-refractivity contribution in [1.82, 2.24) is 5.32 Å². The molecule has 2 aromatic carbocycles. The Hall–Kier alpha value is -2.82. The average molecular weight is 309 g/mol. The number of methoxy groups -OCH3 is 1. The maximum absolute atomic E-state index is 12.5. The maximum atomic E-state index is 12.5. The van der Waals surface area contributed by atoms with Crippen LogP contribution in [0.15, 0.2) is 53.5 Å². The first kappa shape index (κ1) is 15.1. The molecule has 3 rings (SSSR count). The largest absolute Gasteiger partial charge is 0.497 e. The van der Waals surface area contributed by atoms with Crippen molar-refractivity contribution in [3.8, 4) is 5.75 Å². The average Bonchev–Trinajstić information content (AvgIpc) is 2.63. The van der Waals surface area contributed by atoms with Gasteiger partial charge < -0.3 is 15.4 Å². The smallest absolute Gasteiger partial charge is 0.255 e. The van der Waals surface area contributed by atoms with E-state index < -0.39 is 0 Å². The number of carbonyl (C=O) groups is 1. The lowest BCUT2D eigenvalue weighted by Crippen LogP contribution is -2.31. The molecule has 1 heterocycles. The fraction of sp³-hybridized carbons (Fsp3) is 0.222. The molecule has 0 aromatic heterocycles. The van der Waals surface area contributed by atoms with Crippen LogP contribution in [0.3, 0.4) is 0 Å². The summed E-state index contributed by atoms with van der Waals surface area (Å²) in [5.41, 5.74) is 2.20. The van der Waals surface area contributed by atoms with Gasteiger partial charge >= 0.3 is 0 Å². The molecule has 23 heavy (non-hydrogen) atoms. The zero-order valence-corrected chi connectivity index (χ0v) is 13.0. The second-order valence-corrected chi connectivity index (χ2v) is 5.24. The van der Waals surface area contributed by atoms with Gasteiger partial charge in [0.05, 0.1) is 12.8 Å². The van der Waals surface area contributed by atoms with Gasteiger partial charge in [0.25, 0.3) is 5.91 Å². The number of para-hydroxylation sites is 1. The Morgan fingerprint density at radius 3 is 2.87 bits per heavy atom. The number of carbonyl (C=O) groups excluding carboxylic acids is 1. The van der Waals surface area contributed by atoms with Crippen LogP contribution in [0, 0.1) is 0 Å². The SMILES string of the molecule is COc1cccc(C(=O)Nc2ccccc2C2=NCCCN2)c1. The number of amides is 1. The molecule has 0 aliphatic carbocycles. The summed E-state index contributed by atoms with van der Waals surface area (Å²) in [5, 5.41) is 6.25. The van der Waals surface area contributed by atoms with Gasteiger partial charge in [0.2, 0.25) is 0 Å². The molecule has 0 atom stereocenters. The Kier molecular flexibility index (Phi) is 4.57. The number of amidine groups is 1. The molecule has 0 spiro atoms. The third kappa shape index (κ3) is 3.51. The van der Waals surface area contributed by atoms with E-state index in [2.05, 4.69) is 15.6 Å². The van der Waals surface area contributed by atoms with Crippen LogP contribution in [0.5, 0.6) is 5.75 Å². The number of nitrogens with zero attached hydrogens (tertiary/aromatic N) is 1. The number of benzene rings is 2. The highest BCUT2D eigenvalue weighted by atomic mass is 16.5. The van der Waals surface area contributed by atoms with Crippen LogP contribution in [0.4, 0.5) is 5.69 Å². The van der Waals surface area contributed by atoms with E-state index >= 15 is 0 Å².